The van der Waals surface area contributed by atoms with Crippen molar-refractivity contribution in [3.05, 3.63) is 36.3 Å². The van der Waals surface area contributed by atoms with E-state index < -0.39 is 10.0 Å². The molecule has 0 aliphatic heterocycles. The zero-order valence-electron chi connectivity index (χ0n) is 10.7. The van der Waals surface area contributed by atoms with Crippen molar-refractivity contribution in [1.82, 2.24) is 19.5 Å². The van der Waals surface area contributed by atoms with Crippen molar-refractivity contribution >= 4 is 15.8 Å². The smallest absolute Gasteiger partial charge is 0.241 e. The summed E-state index contributed by atoms with van der Waals surface area (Å²) in [4.78, 5) is 4.14. The van der Waals surface area contributed by atoms with Gasteiger partial charge in [-0.15, -0.1) is 0 Å². The molecule has 2 heterocycles. The van der Waals surface area contributed by atoms with E-state index in [4.69, 9.17) is 0 Å². The largest absolute Gasteiger partial charge is 0.373 e. The van der Waals surface area contributed by atoms with Gasteiger partial charge < -0.3 is 5.32 Å². The molecular weight excluding hydrogens is 266 g/mol. The van der Waals surface area contributed by atoms with Crippen LogP contribution >= 0.6 is 0 Å². The number of hydrogen-bond acceptors (Lipinski definition) is 5. The summed E-state index contributed by atoms with van der Waals surface area (Å²) in [6.45, 7) is 0.153. The lowest BCUT2D eigenvalue weighted by molar-refractivity contribution is 0.579. The summed E-state index contributed by atoms with van der Waals surface area (Å²) >= 11 is 0. The Hall–Kier alpha value is -1.93. The van der Waals surface area contributed by atoms with Gasteiger partial charge in [0.25, 0.3) is 0 Å². The predicted molar refractivity (Wildman–Crippen MR) is 71.0 cm³/mol. The highest BCUT2D eigenvalue weighted by molar-refractivity contribution is 7.89. The molecule has 102 valence electrons. The van der Waals surface area contributed by atoms with Gasteiger partial charge in [-0.3, -0.25) is 4.68 Å². The summed E-state index contributed by atoms with van der Waals surface area (Å²) in [6, 6.07) is 4.68. The number of aryl methyl sites for hydroxylation is 1. The van der Waals surface area contributed by atoms with Crippen LogP contribution in [-0.4, -0.2) is 30.2 Å². The highest BCUT2D eigenvalue weighted by Gasteiger charge is 2.14. The molecule has 2 aromatic rings. The lowest BCUT2D eigenvalue weighted by Gasteiger charge is -2.06. The Bertz CT molecular complexity index is 665. The second-order valence-corrected chi connectivity index (χ2v) is 5.70. The standard InChI is InChI=1S/C11H15N5O2S/c1-12-11-7-10(3-5-13-11)19(17,18)14-8-9-4-6-16(2)15-9/h3-7,14H,8H2,1-2H3,(H,12,13). The highest BCUT2D eigenvalue weighted by atomic mass is 32.2. The summed E-state index contributed by atoms with van der Waals surface area (Å²) in [5, 5.41) is 6.90. The fourth-order valence-electron chi connectivity index (χ4n) is 1.52. The number of pyridine rings is 1. The van der Waals surface area contributed by atoms with E-state index in [2.05, 4.69) is 20.1 Å². The molecule has 0 aliphatic rings. The Balaban J connectivity index is 2.13. The van der Waals surface area contributed by atoms with Crippen LogP contribution in [0.15, 0.2) is 35.5 Å². The number of nitrogens with zero attached hydrogens (tertiary/aromatic N) is 3. The molecule has 8 heteroatoms. The first-order valence-corrected chi connectivity index (χ1v) is 7.11. The van der Waals surface area contributed by atoms with Gasteiger partial charge in [-0.1, -0.05) is 0 Å². The van der Waals surface area contributed by atoms with Gasteiger partial charge in [-0.25, -0.2) is 18.1 Å². The number of nitrogens with one attached hydrogen (secondary N) is 2. The molecule has 2 aromatic heterocycles. The average Bonchev–Trinajstić information content (AvgIpc) is 2.82. The van der Waals surface area contributed by atoms with Crippen molar-refractivity contribution in [2.45, 2.75) is 11.4 Å². The molecule has 0 radical (unpaired) electrons. The maximum Gasteiger partial charge on any atom is 0.241 e. The molecular formula is C11H15N5O2S. The molecule has 0 spiro atoms. The van der Waals surface area contributed by atoms with E-state index in [1.807, 2.05) is 0 Å². The molecule has 0 aliphatic carbocycles. The molecule has 0 aromatic carbocycles. The van der Waals surface area contributed by atoms with E-state index in [1.54, 1.807) is 31.0 Å². The summed E-state index contributed by atoms with van der Waals surface area (Å²) in [5.74, 6) is 0.501. The lowest BCUT2D eigenvalue weighted by Crippen LogP contribution is -2.23. The highest BCUT2D eigenvalue weighted by Crippen LogP contribution is 2.12. The average molecular weight is 281 g/mol. The van der Waals surface area contributed by atoms with Crippen molar-refractivity contribution in [1.29, 1.82) is 0 Å². The first kappa shape index (κ1) is 13.5. The number of hydrogen-bond donors (Lipinski definition) is 2. The van der Waals surface area contributed by atoms with Gasteiger partial charge in [0.1, 0.15) is 5.82 Å². The maximum atomic E-state index is 12.1. The van der Waals surface area contributed by atoms with Crippen LogP contribution in [0.1, 0.15) is 5.69 Å². The van der Waals surface area contributed by atoms with Crippen LogP contribution in [0.5, 0.6) is 0 Å². The number of anilines is 1. The fraction of sp³-hybridized carbons (Fsp3) is 0.273. The number of rotatable bonds is 5. The predicted octanol–water partition coefficient (Wildman–Crippen LogP) is 0.335. The minimum atomic E-state index is -3.56. The molecule has 0 atom stereocenters. The van der Waals surface area contributed by atoms with Gasteiger partial charge in [0.2, 0.25) is 10.0 Å². The minimum absolute atomic E-state index is 0.153. The Morgan fingerprint density at radius 1 is 1.37 bits per heavy atom. The zero-order valence-corrected chi connectivity index (χ0v) is 11.5. The molecule has 2 N–H and O–H groups in total. The second kappa shape index (κ2) is 5.37. The van der Waals surface area contributed by atoms with Crippen molar-refractivity contribution < 1.29 is 8.42 Å². The van der Waals surface area contributed by atoms with E-state index in [1.165, 1.54) is 18.3 Å². The van der Waals surface area contributed by atoms with Crippen LogP contribution in [0.25, 0.3) is 0 Å². The molecule has 0 fully saturated rings. The van der Waals surface area contributed by atoms with Gasteiger partial charge >= 0.3 is 0 Å². The van der Waals surface area contributed by atoms with Gasteiger partial charge in [0, 0.05) is 32.6 Å². The van der Waals surface area contributed by atoms with Crippen LogP contribution in [0.2, 0.25) is 0 Å². The summed E-state index contributed by atoms with van der Waals surface area (Å²) in [7, 11) is -0.103. The molecule has 0 saturated carbocycles. The van der Waals surface area contributed by atoms with Crippen LogP contribution in [0.4, 0.5) is 5.82 Å². The fourth-order valence-corrected chi connectivity index (χ4v) is 2.54. The minimum Gasteiger partial charge on any atom is -0.373 e. The van der Waals surface area contributed by atoms with E-state index in [-0.39, 0.29) is 11.4 Å². The quantitative estimate of drug-likeness (QED) is 0.824. The maximum absolute atomic E-state index is 12.1. The Labute approximate surface area is 111 Å². The van der Waals surface area contributed by atoms with Crippen LogP contribution in [0.3, 0.4) is 0 Å². The molecule has 19 heavy (non-hydrogen) atoms. The topological polar surface area (TPSA) is 88.9 Å². The summed E-state index contributed by atoms with van der Waals surface area (Å²) < 4.78 is 28.3. The van der Waals surface area contributed by atoms with E-state index in [9.17, 15) is 8.42 Å². The van der Waals surface area contributed by atoms with Gasteiger partial charge in [-0.05, 0) is 12.1 Å². The SMILES string of the molecule is CNc1cc(S(=O)(=O)NCc2ccn(C)n2)ccn1. The van der Waals surface area contributed by atoms with Gasteiger partial charge in [0.15, 0.2) is 0 Å². The molecule has 0 saturated heterocycles. The Morgan fingerprint density at radius 3 is 2.79 bits per heavy atom. The van der Waals surface area contributed by atoms with Gasteiger partial charge in [0.05, 0.1) is 17.1 Å². The van der Waals surface area contributed by atoms with Crippen LogP contribution in [-0.2, 0) is 23.6 Å². The second-order valence-electron chi connectivity index (χ2n) is 3.93. The number of sulfonamides is 1. The molecule has 2 rings (SSSR count). The van der Waals surface area contributed by atoms with E-state index in [0.29, 0.717) is 11.5 Å². The van der Waals surface area contributed by atoms with Crippen molar-refractivity contribution in [3.63, 3.8) is 0 Å². The first-order chi connectivity index (χ1) is 9.01. The normalized spacial score (nSPS) is 11.5. The monoisotopic (exact) mass is 281 g/mol. The third kappa shape index (κ3) is 3.30. The zero-order chi connectivity index (χ0) is 13.9. The molecule has 0 bridgehead atoms. The summed E-state index contributed by atoms with van der Waals surface area (Å²) in [5.41, 5.74) is 0.661. The third-order valence-electron chi connectivity index (χ3n) is 2.51. The van der Waals surface area contributed by atoms with Crippen LogP contribution in [0, 0.1) is 0 Å². The lowest BCUT2D eigenvalue weighted by atomic mass is 10.4. The van der Waals surface area contributed by atoms with Crippen molar-refractivity contribution in [2.24, 2.45) is 7.05 Å². The van der Waals surface area contributed by atoms with Crippen molar-refractivity contribution in [3.8, 4) is 0 Å². The van der Waals surface area contributed by atoms with Crippen molar-refractivity contribution in [2.75, 3.05) is 12.4 Å². The van der Waals surface area contributed by atoms with E-state index in [0.717, 1.165) is 0 Å². The Kier molecular flexibility index (Phi) is 3.82. The molecule has 7 nitrogen and oxygen atoms in total. The van der Waals surface area contributed by atoms with Gasteiger partial charge in [-0.2, -0.15) is 5.10 Å². The molecule has 0 amide bonds. The molecule has 0 unspecified atom stereocenters. The summed E-state index contributed by atoms with van der Waals surface area (Å²) in [6.07, 6.45) is 3.20. The third-order valence-corrected chi connectivity index (χ3v) is 3.91. The van der Waals surface area contributed by atoms with E-state index >= 15 is 0 Å². The van der Waals surface area contributed by atoms with Crippen LogP contribution < -0.4 is 10.0 Å². The Morgan fingerprint density at radius 2 is 2.16 bits per heavy atom. The number of aromatic nitrogens is 3. The first-order valence-electron chi connectivity index (χ1n) is 5.63.